The predicted molar refractivity (Wildman–Crippen MR) is 104 cm³/mol. The Morgan fingerprint density at radius 2 is 1.77 bits per heavy atom. The summed E-state index contributed by atoms with van der Waals surface area (Å²) in [6.45, 7) is 0.702. The fourth-order valence-corrected chi connectivity index (χ4v) is 3.60. The van der Waals surface area contributed by atoms with Crippen molar-refractivity contribution < 1.29 is 28.6 Å². The van der Waals surface area contributed by atoms with Gasteiger partial charge in [0.15, 0.2) is 11.5 Å². The number of rotatable bonds is 5. The molecule has 10 nitrogen and oxygen atoms in total. The third-order valence-electron chi connectivity index (χ3n) is 4.43. The highest BCUT2D eigenvalue weighted by Gasteiger charge is 2.30. The molecular weight excluding hydrogens is 412 g/mol. The van der Waals surface area contributed by atoms with Crippen LogP contribution in [0.3, 0.4) is 0 Å². The number of benzene rings is 2. The Labute approximate surface area is 172 Å². The smallest absolute Gasteiger partial charge is 0.346 e. The molecule has 0 unspecified atom stereocenters. The van der Waals surface area contributed by atoms with Crippen LogP contribution >= 0.6 is 11.3 Å². The van der Waals surface area contributed by atoms with E-state index < -0.39 is 17.8 Å². The average Bonchev–Trinajstić information content (AvgIpc) is 3.46. The van der Waals surface area contributed by atoms with E-state index in [1.54, 1.807) is 0 Å². The maximum Gasteiger partial charge on any atom is 0.346 e. The van der Waals surface area contributed by atoms with Gasteiger partial charge in [0.2, 0.25) is 17.1 Å². The number of fused-ring (bicyclic) bond motifs is 2. The van der Waals surface area contributed by atoms with Gasteiger partial charge >= 0.3 is 11.9 Å². The number of esters is 2. The van der Waals surface area contributed by atoms with Crippen LogP contribution in [0.5, 0.6) is 11.5 Å². The van der Waals surface area contributed by atoms with Crippen LogP contribution in [0.4, 0.5) is 10.3 Å². The Morgan fingerprint density at radius 1 is 0.967 bits per heavy atom. The zero-order chi connectivity index (χ0) is 20.7. The fourth-order valence-electron chi connectivity index (χ4n) is 2.97. The third-order valence-corrected chi connectivity index (χ3v) is 5.23. The molecule has 11 heteroatoms. The second-order valence-electron chi connectivity index (χ2n) is 6.34. The summed E-state index contributed by atoms with van der Waals surface area (Å²) >= 11 is 1.16. The molecule has 0 fully saturated rings. The second kappa shape index (κ2) is 7.12. The number of nitrogens with one attached hydrogen (secondary N) is 2. The van der Waals surface area contributed by atoms with E-state index in [-0.39, 0.29) is 28.6 Å². The summed E-state index contributed by atoms with van der Waals surface area (Å²) in [4.78, 5) is 35.6. The molecule has 0 saturated carbocycles. The van der Waals surface area contributed by atoms with Gasteiger partial charge < -0.3 is 19.5 Å². The third kappa shape index (κ3) is 3.31. The van der Waals surface area contributed by atoms with E-state index in [9.17, 15) is 14.4 Å². The second-order valence-corrected chi connectivity index (χ2v) is 7.32. The summed E-state index contributed by atoms with van der Waals surface area (Å²) in [6.07, 6.45) is 0. The SMILES string of the molecule is O=C(Nc1nnc(NCc2ccc3c(c2)OCO3)s1)c1ccc2c(c1)C(=O)OC2=O. The summed E-state index contributed by atoms with van der Waals surface area (Å²) in [7, 11) is 0. The van der Waals surface area contributed by atoms with Crippen molar-refractivity contribution in [1.29, 1.82) is 0 Å². The van der Waals surface area contributed by atoms with Crippen LogP contribution in [-0.4, -0.2) is 34.8 Å². The van der Waals surface area contributed by atoms with Crippen LogP contribution in [0.1, 0.15) is 36.6 Å². The van der Waals surface area contributed by atoms with E-state index in [1.165, 1.54) is 18.2 Å². The Balaban J connectivity index is 1.23. The zero-order valence-corrected chi connectivity index (χ0v) is 15.9. The summed E-state index contributed by atoms with van der Waals surface area (Å²) in [6, 6.07) is 9.77. The first kappa shape index (κ1) is 18.1. The molecule has 2 N–H and O–H groups in total. The number of hydrogen-bond donors (Lipinski definition) is 2. The zero-order valence-electron chi connectivity index (χ0n) is 15.1. The van der Waals surface area contributed by atoms with Crippen LogP contribution < -0.4 is 20.1 Å². The molecule has 150 valence electrons. The largest absolute Gasteiger partial charge is 0.454 e. The molecule has 5 rings (SSSR count). The van der Waals surface area contributed by atoms with E-state index >= 15 is 0 Å². The van der Waals surface area contributed by atoms with Gasteiger partial charge in [-0.15, -0.1) is 10.2 Å². The van der Waals surface area contributed by atoms with E-state index in [4.69, 9.17) is 9.47 Å². The lowest BCUT2D eigenvalue weighted by molar-refractivity contribution is 0.0443. The number of amides is 1. The van der Waals surface area contributed by atoms with Crippen molar-refractivity contribution in [3.05, 3.63) is 58.7 Å². The van der Waals surface area contributed by atoms with Crippen LogP contribution in [0.2, 0.25) is 0 Å². The summed E-state index contributed by atoms with van der Waals surface area (Å²) < 4.78 is 15.2. The fraction of sp³-hybridized carbons (Fsp3) is 0.105. The van der Waals surface area contributed by atoms with Gasteiger partial charge in [0.05, 0.1) is 11.1 Å². The van der Waals surface area contributed by atoms with Crippen molar-refractivity contribution in [2.75, 3.05) is 17.4 Å². The minimum atomic E-state index is -0.768. The first-order chi connectivity index (χ1) is 14.6. The molecule has 3 heterocycles. The number of carbonyl (C=O) groups excluding carboxylic acids is 3. The molecule has 0 aliphatic carbocycles. The summed E-state index contributed by atoms with van der Waals surface area (Å²) in [5, 5.41) is 14.5. The summed E-state index contributed by atoms with van der Waals surface area (Å²) in [5.74, 6) is -0.563. The Kier molecular flexibility index (Phi) is 4.29. The molecule has 2 aliphatic rings. The van der Waals surface area contributed by atoms with Gasteiger partial charge in [-0.3, -0.25) is 10.1 Å². The van der Waals surface area contributed by atoms with Crippen LogP contribution in [-0.2, 0) is 11.3 Å². The van der Waals surface area contributed by atoms with Crippen LogP contribution in [0, 0.1) is 0 Å². The Hall–Kier alpha value is -3.99. The van der Waals surface area contributed by atoms with Crippen molar-refractivity contribution >= 4 is 39.4 Å². The molecule has 0 bridgehead atoms. The van der Waals surface area contributed by atoms with Gasteiger partial charge in [-0.2, -0.15) is 0 Å². The quantitative estimate of drug-likeness (QED) is 0.469. The summed E-state index contributed by atoms with van der Waals surface area (Å²) in [5.41, 5.74) is 1.38. The standard InChI is InChI=1S/C19H12N4O6S/c24-15(10-2-3-11-12(6-10)17(26)29-16(11)25)21-19-23-22-18(30-19)20-7-9-1-4-13-14(5-9)28-8-27-13/h1-6H,7-8H2,(H,20,22)(H,21,23,24). The van der Waals surface area contributed by atoms with Crippen molar-refractivity contribution in [1.82, 2.24) is 10.2 Å². The predicted octanol–water partition coefficient (Wildman–Crippen LogP) is 2.44. The minimum Gasteiger partial charge on any atom is -0.454 e. The minimum absolute atomic E-state index is 0.0657. The number of aromatic nitrogens is 2. The maximum absolute atomic E-state index is 12.4. The number of ether oxygens (including phenoxy) is 3. The lowest BCUT2D eigenvalue weighted by Gasteiger charge is -2.04. The highest BCUT2D eigenvalue weighted by molar-refractivity contribution is 7.19. The number of carbonyl (C=O) groups is 3. The number of anilines is 2. The Morgan fingerprint density at radius 3 is 2.67 bits per heavy atom. The van der Waals surface area contributed by atoms with Crippen LogP contribution in [0.15, 0.2) is 36.4 Å². The molecule has 0 saturated heterocycles. The number of nitrogens with zero attached hydrogens (tertiary/aromatic N) is 2. The molecule has 0 spiro atoms. The first-order valence-electron chi connectivity index (χ1n) is 8.74. The van der Waals surface area contributed by atoms with E-state index in [2.05, 4.69) is 25.6 Å². The molecule has 0 radical (unpaired) electrons. The molecular formula is C19H12N4O6S. The first-order valence-corrected chi connectivity index (χ1v) is 9.56. The van der Waals surface area contributed by atoms with E-state index in [1.807, 2.05) is 18.2 Å². The van der Waals surface area contributed by atoms with Gasteiger partial charge in [0.25, 0.3) is 5.91 Å². The lowest BCUT2D eigenvalue weighted by Crippen LogP contribution is -2.12. The van der Waals surface area contributed by atoms with Gasteiger partial charge in [0, 0.05) is 12.1 Å². The average molecular weight is 424 g/mol. The topological polar surface area (TPSA) is 129 Å². The maximum atomic E-state index is 12.4. The molecule has 1 aromatic heterocycles. The highest BCUT2D eigenvalue weighted by Crippen LogP contribution is 2.33. The van der Waals surface area contributed by atoms with Gasteiger partial charge in [-0.25, -0.2) is 9.59 Å². The molecule has 0 atom stereocenters. The van der Waals surface area contributed by atoms with Crippen molar-refractivity contribution in [3.8, 4) is 11.5 Å². The van der Waals surface area contributed by atoms with Crippen molar-refractivity contribution in [2.24, 2.45) is 0 Å². The van der Waals surface area contributed by atoms with Gasteiger partial charge in [0.1, 0.15) is 0 Å². The van der Waals surface area contributed by atoms with E-state index in [0.717, 1.165) is 16.9 Å². The molecule has 30 heavy (non-hydrogen) atoms. The molecule has 2 aliphatic heterocycles. The monoisotopic (exact) mass is 424 g/mol. The highest BCUT2D eigenvalue weighted by atomic mass is 32.1. The molecule has 3 aromatic rings. The Bertz CT molecular complexity index is 1210. The van der Waals surface area contributed by atoms with Crippen molar-refractivity contribution in [3.63, 3.8) is 0 Å². The molecule has 2 aromatic carbocycles. The number of hydrogen-bond acceptors (Lipinski definition) is 10. The van der Waals surface area contributed by atoms with E-state index in [0.29, 0.717) is 23.2 Å². The lowest BCUT2D eigenvalue weighted by atomic mass is 10.1. The van der Waals surface area contributed by atoms with Gasteiger partial charge in [-0.05, 0) is 35.9 Å². The molecule has 1 amide bonds. The van der Waals surface area contributed by atoms with Crippen LogP contribution in [0.25, 0.3) is 0 Å². The van der Waals surface area contributed by atoms with Gasteiger partial charge in [-0.1, -0.05) is 17.4 Å². The number of cyclic esters (lactones) is 2. The normalized spacial score (nSPS) is 13.7. The van der Waals surface area contributed by atoms with Crippen molar-refractivity contribution in [2.45, 2.75) is 6.54 Å².